The van der Waals surface area contributed by atoms with E-state index in [0.29, 0.717) is 40.0 Å². The molecule has 0 bridgehead atoms. The first-order valence-electron chi connectivity index (χ1n) is 15.9. The van der Waals surface area contributed by atoms with E-state index < -0.39 is 5.78 Å². The summed E-state index contributed by atoms with van der Waals surface area (Å²) in [7, 11) is 0. The normalized spacial score (nSPS) is 10.7. The zero-order valence-corrected chi connectivity index (χ0v) is 27.0. The Morgan fingerprint density at radius 2 is 1.60 bits per heavy atom. The summed E-state index contributed by atoms with van der Waals surface area (Å²) in [4.78, 5) is 35.4. The quantitative estimate of drug-likeness (QED) is 0.0437. The summed E-state index contributed by atoms with van der Waals surface area (Å²) in [6.45, 7) is 3.90. The van der Waals surface area contributed by atoms with Gasteiger partial charge in [0.15, 0.2) is 10.8 Å². The van der Waals surface area contributed by atoms with Gasteiger partial charge in [-0.05, 0) is 42.2 Å². The van der Waals surface area contributed by atoms with Crippen molar-refractivity contribution in [3.8, 4) is 29.2 Å². The van der Waals surface area contributed by atoms with Gasteiger partial charge in [-0.15, -0.1) is 0 Å². The van der Waals surface area contributed by atoms with Crippen LogP contribution in [0.5, 0.6) is 5.75 Å². The maximum Gasteiger partial charge on any atom is 0.226 e. The van der Waals surface area contributed by atoms with Crippen molar-refractivity contribution in [2.45, 2.75) is 90.9 Å². The van der Waals surface area contributed by atoms with E-state index in [-0.39, 0.29) is 22.2 Å². The van der Waals surface area contributed by atoms with Crippen molar-refractivity contribution in [2.75, 3.05) is 10.8 Å². The number of carbonyl (C=O) groups is 2. The highest BCUT2D eigenvalue weighted by Gasteiger charge is 2.21. The molecule has 4 rings (SSSR count). The molecule has 3 N–H and O–H groups in total. The van der Waals surface area contributed by atoms with Gasteiger partial charge >= 0.3 is 0 Å². The molecule has 0 saturated heterocycles. The van der Waals surface area contributed by atoms with Gasteiger partial charge in [-0.1, -0.05) is 107 Å². The van der Waals surface area contributed by atoms with E-state index in [0.717, 1.165) is 24.4 Å². The van der Waals surface area contributed by atoms with Gasteiger partial charge in [0.1, 0.15) is 11.9 Å². The number of nitrogens with zero attached hydrogens (tertiary/aromatic N) is 2. The molecule has 9 heteroatoms. The highest BCUT2D eigenvalue weighted by Crippen LogP contribution is 2.35. The Bertz CT molecular complexity index is 1640. The number of nitrogens with one attached hydrogen (secondary N) is 2. The number of unbranched alkanes of at least 4 members (excludes halogenated alkanes) is 10. The van der Waals surface area contributed by atoms with E-state index in [1.165, 1.54) is 57.8 Å². The van der Waals surface area contributed by atoms with Gasteiger partial charge in [-0.25, -0.2) is 10.5 Å². The topological polar surface area (TPSA) is 113 Å². The van der Waals surface area contributed by atoms with Crippen molar-refractivity contribution in [3.05, 3.63) is 65.2 Å². The van der Waals surface area contributed by atoms with Crippen molar-refractivity contribution in [1.82, 2.24) is 9.36 Å². The molecule has 3 aromatic carbocycles. The Hall–Kier alpha value is -4.42. The predicted octanol–water partition coefficient (Wildman–Crippen LogP) is 9.26. The summed E-state index contributed by atoms with van der Waals surface area (Å²) in [6, 6.07) is 15.8. The molecule has 0 aliphatic rings. The second-order valence-corrected chi connectivity index (χ2v) is 11.8. The predicted molar refractivity (Wildman–Crippen MR) is 182 cm³/mol. The first kappa shape index (κ1) is 33.5. The van der Waals surface area contributed by atoms with Crippen LogP contribution in [0.3, 0.4) is 0 Å². The number of aromatic nitrogens is 2. The average molecular weight is 627 g/mol. The lowest BCUT2D eigenvalue weighted by atomic mass is 10.0. The third-order valence-corrected chi connectivity index (χ3v) is 8.34. The largest absolute Gasteiger partial charge is 0.507 e. The second kappa shape index (κ2) is 17.8. The fraction of sp³-hybridized carbons (Fsp3) is 0.389. The molecule has 1 amide bonds. The Morgan fingerprint density at radius 3 is 2.33 bits per heavy atom. The maximum absolute atomic E-state index is 13.3. The molecule has 1 aromatic heterocycles. The molecule has 0 unspecified atom stereocenters. The molecule has 0 saturated carbocycles. The van der Waals surface area contributed by atoms with Crippen LogP contribution >= 0.6 is 11.5 Å². The smallest absolute Gasteiger partial charge is 0.226 e. The molecule has 45 heavy (non-hydrogen) atoms. The molecule has 8 nitrogen and oxygen atoms in total. The molecule has 0 radical (unpaired) electrons. The number of carbonyl (C=O) groups excluding carboxylic acids is 2. The molecule has 236 valence electrons. The Labute approximate surface area is 269 Å². The lowest BCUT2D eigenvalue weighted by Gasteiger charge is -2.10. The van der Waals surface area contributed by atoms with E-state index in [1.54, 1.807) is 37.3 Å². The monoisotopic (exact) mass is 626 g/mol. The minimum Gasteiger partial charge on any atom is -0.507 e. The van der Waals surface area contributed by atoms with Crippen molar-refractivity contribution in [2.24, 2.45) is 0 Å². The molecule has 1 heterocycles. The van der Waals surface area contributed by atoms with Crippen LogP contribution in [-0.2, 0) is 9.63 Å². The first-order chi connectivity index (χ1) is 22.0. The number of phenols is 1. The van der Waals surface area contributed by atoms with E-state index >= 15 is 0 Å². The number of rotatable bonds is 18. The summed E-state index contributed by atoms with van der Waals surface area (Å²) in [5.41, 5.74) is 4.82. The van der Waals surface area contributed by atoms with Gasteiger partial charge in [-0.2, -0.15) is 4.37 Å². The molecule has 0 aliphatic carbocycles. The fourth-order valence-electron chi connectivity index (χ4n) is 5.20. The number of amides is 1. The number of benzene rings is 3. The molecular formula is C36H42N4O4S. The van der Waals surface area contributed by atoms with Gasteiger partial charge in [0.05, 0.1) is 11.3 Å². The van der Waals surface area contributed by atoms with Crippen LogP contribution in [0, 0.1) is 12.0 Å². The summed E-state index contributed by atoms with van der Waals surface area (Å²) < 4.78 is 4.39. The van der Waals surface area contributed by atoms with Crippen LogP contribution in [0.4, 0.5) is 11.4 Å². The molecule has 0 spiro atoms. The Morgan fingerprint density at radius 1 is 0.889 bits per heavy atom. The summed E-state index contributed by atoms with van der Waals surface area (Å²) in [6.07, 6.45) is 16.6. The second-order valence-electron chi connectivity index (χ2n) is 11.1. The summed E-state index contributed by atoms with van der Waals surface area (Å²) in [5.74, 6) is 2.41. The summed E-state index contributed by atoms with van der Waals surface area (Å²) >= 11 is 0.966. The number of ketones is 1. The van der Waals surface area contributed by atoms with Crippen LogP contribution in [0.25, 0.3) is 22.2 Å². The number of anilines is 2. The van der Waals surface area contributed by atoms with E-state index in [9.17, 15) is 14.7 Å². The first-order valence-corrected chi connectivity index (χ1v) is 16.7. The molecule has 0 atom stereocenters. The van der Waals surface area contributed by atoms with Crippen LogP contribution in [0.15, 0.2) is 54.6 Å². The third kappa shape index (κ3) is 9.79. The minimum atomic E-state index is -0.430. The zero-order chi connectivity index (χ0) is 31.9. The molecule has 0 aliphatic heterocycles. The van der Waals surface area contributed by atoms with Gasteiger partial charge in [0, 0.05) is 35.4 Å². The van der Waals surface area contributed by atoms with E-state index in [4.69, 9.17) is 4.84 Å². The van der Waals surface area contributed by atoms with Gasteiger partial charge in [-0.3, -0.25) is 9.59 Å². The number of hydrogen-bond acceptors (Lipinski definition) is 8. The fourth-order valence-corrected chi connectivity index (χ4v) is 5.84. The van der Waals surface area contributed by atoms with Crippen LogP contribution in [0.2, 0.25) is 0 Å². The SMILES string of the molecule is CC#CONc1cccc2c(O)c(C(=O)c3nc(-c4cccc(NC(=O)CCCCCCCCCCCCC)c4)ns3)ccc12. The molecular weight excluding hydrogens is 584 g/mol. The van der Waals surface area contributed by atoms with Crippen molar-refractivity contribution in [1.29, 1.82) is 0 Å². The number of aromatic hydroxyl groups is 1. The lowest BCUT2D eigenvalue weighted by molar-refractivity contribution is -0.116. The highest BCUT2D eigenvalue weighted by molar-refractivity contribution is 7.08. The lowest BCUT2D eigenvalue weighted by Crippen LogP contribution is -2.11. The minimum absolute atomic E-state index is 0.0137. The molecule has 4 aromatic rings. The number of phenolic OH excluding ortho intramolecular Hbond substituents is 1. The van der Waals surface area contributed by atoms with Crippen LogP contribution in [0.1, 0.15) is 106 Å². The maximum atomic E-state index is 13.3. The number of hydrogen-bond donors (Lipinski definition) is 3. The Balaban J connectivity index is 1.29. The van der Waals surface area contributed by atoms with Crippen molar-refractivity contribution < 1.29 is 19.5 Å². The van der Waals surface area contributed by atoms with E-state index in [1.807, 2.05) is 24.3 Å². The van der Waals surface area contributed by atoms with Gasteiger partial charge in [0.25, 0.3) is 0 Å². The standard InChI is InChI=1S/C36H42N4O4S/c1-3-5-6-7-8-9-10-11-12-13-14-21-32(41)37-27-18-15-17-26(25-27)35-38-36(45-40-35)34(43)30-23-22-28-29(33(30)42)19-16-20-31(28)39-44-24-4-2/h15-20,22-23,25,39,42H,3,5-14,21H2,1-2H3,(H,37,41). The zero-order valence-electron chi connectivity index (χ0n) is 26.2. The molecule has 0 fully saturated rings. The van der Waals surface area contributed by atoms with Gasteiger partial charge < -0.3 is 15.3 Å². The van der Waals surface area contributed by atoms with Gasteiger partial charge in [0.2, 0.25) is 11.7 Å². The van der Waals surface area contributed by atoms with Crippen molar-refractivity contribution >= 4 is 45.4 Å². The number of fused-ring (bicyclic) bond motifs is 1. The average Bonchev–Trinajstić information content (AvgIpc) is 3.55. The van der Waals surface area contributed by atoms with Crippen molar-refractivity contribution in [3.63, 3.8) is 0 Å². The Kier molecular flexibility index (Phi) is 13.2. The van der Waals surface area contributed by atoms with Crippen LogP contribution in [-0.4, -0.2) is 26.2 Å². The summed E-state index contributed by atoms with van der Waals surface area (Å²) in [5, 5.41) is 15.3. The highest BCUT2D eigenvalue weighted by atomic mass is 32.1. The van der Waals surface area contributed by atoms with E-state index in [2.05, 4.69) is 39.1 Å². The van der Waals surface area contributed by atoms with Crippen LogP contribution < -0.4 is 10.8 Å². The third-order valence-electron chi connectivity index (χ3n) is 7.62.